The topological polar surface area (TPSA) is 62.9 Å². The molecule has 0 fully saturated rings. The molecule has 106 valence electrons. The summed E-state index contributed by atoms with van der Waals surface area (Å²) in [5.41, 5.74) is 2.06. The SMILES string of the molecule is CCCNC(C)c1ccc(N(CC#N)CC#N)c(Br)c1. The fourth-order valence-electron chi connectivity index (χ4n) is 1.92. The third-order valence-electron chi connectivity index (χ3n) is 3.04. The number of hydrogen-bond donors (Lipinski definition) is 1. The van der Waals surface area contributed by atoms with Crippen LogP contribution in [0.2, 0.25) is 0 Å². The van der Waals surface area contributed by atoms with Gasteiger partial charge in [0.1, 0.15) is 13.1 Å². The Labute approximate surface area is 129 Å². The Morgan fingerprint density at radius 3 is 2.45 bits per heavy atom. The molecule has 0 amide bonds. The van der Waals surface area contributed by atoms with E-state index in [1.807, 2.05) is 18.2 Å². The van der Waals surface area contributed by atoms with Gasteiger partial charge < -0.3 is 10.2 Å². The highest BCUT2D eigenvalue weighted by molar-refractivity contribution is 9.10. The van der Waals surface area contributed by atoms with Crippen LogP contribution in [0.1, 0.15) is 31.9 Å². The second-order valence-electron chi connectivity index (χ2n) is 4.56. The lowest BCUT2D eigenvalue weighted by atomic mass is 10.1. The first-order chi connectivity index (χ1) is 9.63. The normalized spacial score (nSPS) is 11.4. The highest BCUT2D eigenvalue weighted by Crippen LogP contribution is 2.29. The fourth-order valence-corrected chi connectivity index (χ4v) is 2.57. The maximum Gasteiger partial charge on any atom is 0.107 e. The van der Waals surface area contributed by atoms with Crippen molar-refractivity contribution in [3.05, 3.63) is 28.2 Å². The molecule has 1 aromatic rings. The van der Waals surface area contributed by atoms with Gasteiger partial charge in [-0.2, -0.15) is 10.5 Å². The molecule has 0 saturated heterocycles. The van der Waals surface area contributed by atoms with Gasteiger partial charge in [-0.1, -0.05) is 13.0 Å². The summed E-state index contributed by atoms with van der Waals surface area (Å²) >= 11 is 3.54. The Bertz CT molecular complexity index is 500. The quantitative estimate of drug-likeness (QED) is 0.776. The summed E-state index contributed by atoms with van der Waals surface area (Å²) < 4.78 is 0.908. The summed E-state index contributed by atoms with van der Waals surface area (Å²) in [4.78, 5) is 1.75. The van der Waals surface area contributed by atoms with E-state index in [1.165, 1.54) is 5.56 Å². The van der Waals surface area contributed by atoms with Crippen LogP contribution in [0.15, 0.2) is 22.7 Å². The Balaban J connectivity index is 2.92. The highest BCUT2D eigenvalue weighted by atomic mass is 79.9. The van der Waals surface area contributed by atoms with Crippen LogP contribution in [0.3, 0.4) is 0 Å². The van der Waals surface area contributed by atoms with Gasteiger partial charge >= 0.3 is 0 Å². The van der Waals surface area contributed by atoms with Gasteiger partial charge in [0.15, 0.2) is 0 Å². The van der Waals surface area contributed by atoms with Gasteiger partial charge in [-0.25, -0.2) is 0 Å². The molecule has 0 bridgehead atoms. The van der Waals surface area contributed by atoms with Crippen molar-refractivity contribution >= 4 is 21.6 Å². The largest absolute Gasteiger partial charge is 0.344 e. The molecule has 1 unspecified atom stereocenters. The van der Waals surface area contributed by atoms with Crippen LogP contribution >= 0.6 is 15.9 Å². The summed E-state index contributed by atoms with van der Waals surface area (Å²) in [5.74, 6) is 0. The van der Waals surface area contributed by atoms with Gasteiger partial charge in [0, 0.05) is 10.5 Å². The Kier molecular flexibility index (Phi) is 7.08. The lowest BCUT2D eigenvalue weighted by molar-refractivity contribution is 0.570. The molecule has 0 aliphatic rings. The lowest BCUT2D eigenvalue weighted by Crippen LogP contribution is -2.24. The molecule has 4 nitrogen and oxygen atoms in total. The predicted molar refractivity (Wildman–Crippen MR) is 84.3 cm³/mol. The van der Waals surface area contributed by atoms with Crippen molar-refractivity contribution in [3.8, 4) is 12.1 Å². The van der Waals surface area contributed by atoms with E-state index in [0.717, 1.165) is 23.1 Å². The molecule has 0 spiro atoms. The van der Waals surface area contributed by atoms with E-state index in [4.69, 9.17) is 10.5 Å². The number of nitrogens with zero attached hydrogens (tertiary/aromatic N) is 3. The number of nitriles is 2. The minimum absolute atomic E-state index is 0.204. The van der Waals surface area contributed by atoms with Gasteiger partial charge in [0.2, 0.25) is 0 Å². The van der Waals surface area contributed by atoms with Crippen LogP contribution in [0.25, 0.3) is 0 Å². The molecular formula is C15H19BrN4. The third kappa shape index (κ3) is 4.52. The number of anilines is 1. The fraction of sp³-hybridized carbons (Fsp3) is 0.467. The standard InChI is InChI=1S/C15H19BrN4/c1-3-8-19-12(2)13-4-5-15(14(16)11-13)20(9-6-17)10-7-18/h4-5,11-12,19H,3,8-10H2,1-2H3. The molecule has 0 aliphatic heterocycles. The maximum atomic E-state index is 8.83. The van der Waals surface area contributed by atoms with Gasteiger partial charge in [-0.3, -0.25) is 0 Å². The minimum Gasteiger partial charge on any atom is -0.344 e. The number of rotatable bonds is 7. The van der Waals surface area contributed by atoms with E-state index < -0.39 is 0 Å². The Hall–Kier alpha value is -1.56. The molecule has 1 N–H and O–H groups in total. The first kappa shape index (κ1) is 16.5. The third-order valence-corrected chi connectivity index (χ3v) is 3.67. The van der Waals surface area contributed by atoms with Crippen molar-refractivity contribution < 1.29 is 0 Å². The predicted octanol–water partition coefficient (Wildman–Crippen LogP) is 3.36. The Morgan fingerprint density at radius 1 is 1.30 bits per heavy atom. The minimum atomic E-state index is 0.204. The molecule has 1 aromatic carbocycles. The molecule has 1 atom stereocenters. The molecule has 5 heteroatoms. The van der Waals surface area contributed by atoms with E-state index in [0.29, 0.717) is 0 Å². The average Bonchev–Trinajstić information content (AvgIpc) is 2.44. The van der Waals surface area contributed by atoms with E-state index in [1.54, 1.807) is 4.90 Å². The van der Waals surface area contributed by atoms with E-state index in [2.05, 4.69) is 47.2 Å². The molecule has 0 radical (unpaired) electrons. The molecule has 0 aliphatic carbocycles. The zero-order chi connectivity index (χ0) is 15.0. The molecule has 1 rings (SSSR count). The Morgan fingerprint density at radius 2 is 1.95 bits per heavy atom. The van der Waals surface area contributed by atoms with Crippen LogP contribution in [0.4, 0.5) is 5.69 Å². The zero-order valence-corrected chi connectivity index (χ0v) is 13.4. The van der Waals surface area contributed by atoms with Crippen LogP contribution in [0.5, 0.6) is 0 Å². The van der Waals surface area contributed by atoms with Gasteiger partial charge in [-0.05, 0) is 53.5 Å². The smallest absolute Gasteiger partial charge is 0.107 e. The van der Waals surface area contributed by atoms with Crippen molar-refractivity contribution in [2.45, 2.75) is 26.3 Å². The second kappa shape index (κ2) is 8.58. The molecule has 0 heterocycles. The first-order valence-corrected chi connectivity index (χ1v) is 7.45. The van der Waals surface area contributed by atoms with Crippen molar-refractivity contribution in [2.75, 3.05) is 24.5 Å². The van der Waals surface area contributed by atoms with E-state index in [9.17, 15) is 0 Å². The van der Waals surface area contributed by atoms with Gasteiger partial charge in [0.05, 0.1) is 17.8 Å². The summed E-state index contributed by atoms with van der Waals surface area (Å²) in [7, 11) is 0. The van der Waals surface area contributed by atoms with Crippen LogP contribution < -0.4 is 10.2 Å². The zero-order valence-electron chi connectivity index (χ0n) is 11.9. The molecule has 20 heavy (non-hydrogen) atoms. The molecular weight excluding hydrogens is 316 g/mol. The van der Waals surface area contributed by atoms with Crippen molar-refractivity contribution in [1.82, 2.24) is 5.32 Å². The van der Waals surface area contributed by atoms with Crippen LogP contribution in [-0.2, 0) is 0 Å². The monoisotopic (exact) mass is 334 g/mol. The number of nitrogens with one attached hydrogen (secondary N) is 1. The van der Waals surface area contributed by atoms with Crippen molar-refractivity contribution in [1.29, 1.82) is 10.5 Å². The van der Waals surface area contributed by atoms with Crippen LogP contribution in [0, 0.1) is 22.7 Å². The van der Waals surface area contributed by atoms with E-state index in [-0.39, 0.29) is 19.1 Å². The summed E-state index contributed by atoms with van der Waals surface area (Å²) in [6.07, 6.45) is 1.10. The summed E-state index contributed by atoms with van der Waals surface area (Å²) in [5, 5.41) is 21.1. The number of halogens is 1. The first-order valence-electron chi connectivity index (χ1n) is 6.65. The van der Waals surface area contributed by atoms with Crippen molar-refractivity contribution in [2.24, 2.45) is 0 Å². The van der Waals surface area contributed by atoms with E-state index >= 15 is 0 Å². The van der Waals surface area contributed by atoms with Gasteiger partial charge in [-0.15, -0.1) is 0 Å². The van der Waals surface area contributed by atoms with Gasteiger partial charge in [0.25, 0.3) is 0 Å². The summed E-state index contributed by atoms with van der Waals surface area (Å²) in [6, 6.07) is 10.5. The average molecular weight is 335 g/mol. The maximum absolute atomic E-state index is 8.83. The highest BCUT2D eigenvalue weighted by Gasteiger charge is 2.12. The second-order valence-corrected chi connectivity index (χ2v) is 5.41. The summed E-state index contributed by atoms with van der Waals surface area (Å²) in [6.45, 7) is 5.65. The number of hydrogen-bond acceptors (Lipinski definition) is 4. The lowest BCUT2D eigenvalue weighted by Gasteiger charge is -2.21. The number of benzene rings is 1. The van der Waals surface area contributed by atoms with Crippen molar-refractivity contribution in [3.63, 3.8) is 0 Å². The molecule has 0 saturated carbocycles. The van der Waals surface area contributed by atoms with Crippen LogP contribution in [-0.4, -0.2) is 19.6 Å². The molecule has 0 aromatic heterocycles.